The summed E-state index contributed by atoms with van der Waals surface area (Å²) in [7, 11) is 3.12. The first kappa shape index (κ1) is 24.6. The molecule has 1 aromatic heterocycles. The van der Waals surface area contributed by atoms with E-state index in [9.17, 15) is 9.59 Å². The van der Waals surface area contributed by atoms with E-state index in [0.29, 0.717) is 29.6 Å². The molecule has 3 unspecified atom stereocenters. The molecule has 2 fully saturated rings. The van der Waals surface area contributed by atoms with Crippen LogP contribution >= 0.6 is 0 Å². The molecule has 0 bridgehead atoms. The highest BCUT2D eigenvalue weighted by atomic mass is 16.5. The number of carbonyl (C=O) groups is 2. The van der Waals surface area contributed by atoms with Crippen LogP contribution in [-0.4, -0.2) is 48.5 Å². The number of ether oxygens (including phenoxy) is 2. The van der Waals surface area contributed by atoms with Crippen molar-refractivity contribution in [3.8, 4) is 11.5 Å². The monoisotopic (exact) mass is 505 g/mol. The predicted octanol–water partition coefficient (Wildman–Crippen LogP) is 1.84. The van der Waals surface area contributed by atoms with E-state index in [1.165, 1.54) is 0 Å². The maximum absolute atomic E-state index is 13.0. The van der Waals surface area contributed by atoms with E-state index < -0.39 is 6.29 Å². The maximum Gasteiger partial charge on any atom is 0.230 e. The number of nitrogens with zero attached hydrogens (tertiary/aromatic N) is 3. The molecule has 194 valence electrons. The number of amides is 2. The topological polar surface area (TPSA) is 122 Å². The highest BCUT2D eigenvalue weighted by molar-refractivity contribution is 5.91. The molecule has 2 aliphatic rings. The van der Waals surface area contributed by atoms with Crippen LogP contribution < -0.4 is 35.9 Å². The molecule has 3 atom stereocenters. The van der Waals surface area contributed by atoms with Gasteiger partial charge in [-0.25, -0.2) is 10.1 Å². The van der Waals surface area contributed by atoms with E-state index in [0.717, 1.165) is 16.8 Å². The molecule has 4 N–H and O–H groups in total. The summed E-state index contributed by atoms with van der Waals surface area (Å²) in [5, 5.41) is 16.0. The summed E-state index contributed by atoms with van der Waals surface area (Å²) in [5.41, 5.74) is 6.91. The number of hydrazine groups is 1. The third kappa shape index (κ3) is 4.95. The van der Waals surface area contributed by atoms with Crippen molar-refractivity contribution in [2.45, 2.75) is 32.7 Å². The Balaban J connectivity index is 1.34. The standard InChI is InChI=1S/C26H31N7O4/c1-15-6-5-7-18(10-15)32-24-19(14-27-32)25(35)30-26(29-24)33-22(11-16(2)31-33)28-23(34)13-17-8-9-20(36-3)21(12-17)37-4/h5-12,19,24,26-27,29H,13-14H2,1-4H3,(H,28,34)(H,30,35). The average Bonchev–Trinajstić information content (AvgIpc) is 3.47. The number of aryl methyl sites for hydroxylation is 2. The van der Waals surface area contributed by atoms with Gasteiger partial charge in [0.1, 0.15) is 12.0 Å². The van der Waals surface area contributed by atoms with E-state index >= 15 is 0 Å². The van der Waals surface area contributed by atoms with Crippen molar-refractivity contribution < 1.29 is 19.1 Å². The minimum atomic E-state index is -0.647. The zero-order valence-corrected chi connectivity index (χ0v) is 21.2. The van der Waals surface area contributed by atoms with Crippen molar-refractivity contribution in [1.82, 2.24) is 25.8 Å². The second-order valence-corrected chi connectivity index (χ2v) is 9.23. The van der Waals surface area contributed by atoms with Gasteiger partial charge < -0.3 is 20.1 Å². The molecule has 3 heterocycles. The predicted molar refractivity (Wildman–Crippen MR) is 138 cm³/mol. The number of hydrogen-bond donors (Lipinski definition) is 4. The molecule has 2 aromatic carbocycles. The summed E-state index contributed by atoms with van der Waals surface area (Å²) in [4.78, 5) is 26.0. The largest absolute Gasteiger partial charge is 0.493 e. The van der Waals surface area contributed by atoms with Crippen molar-refractivity contribution in [3.63, 3.8) is 0 Å². The van der Waals surface area contributed by atoms with Crippen LogP contribution in [0.1, 0.15) is 23.1 Å². The fourth-order valence-electron chi connectivity index (χ4n) is 4.79. The van der Waals surface area contributed by atoms with Gasteiger partial charge in [-0.15, -0.1) is 0 Å². The Hall–Kier alpha value is -4.09. The zero-order valence-electron chi connectivity index (χ0n) is 21.2. The van der Waals surface area contributed by atoms with Crippen molar-refractivity contribution in [1.29, 1.82) is 0 Å². The van der Waals surface area contributed by atoms with Gasteiger partial charge in [-0.05, 0) is 49.2 Å². The molecule has 11 nitrogen and oxygen atoms in total. The Morgan fingerprint density at radius 2 is 1.92 bits per heavy atom. The van der Waals surface area contributed by atoms with Crippen molar-refractivity contribution in [2.75, 3.05) is 31.1 Å². The van der Waals surface area contributed by atoms with Gasteiger partial charge in [-0.1, -0.05) is 18.2 Å². The lowest BCUT2D eigenvalue weighted by Crippen LogP contribution is -2.61. The SMILES string of the molecule is COc1ccc(CC(=O)Nc2cc(C)nn2C2NC(=O)C3CNN(c4cccc(C)c4)C3N2)cc1OC. The van der Waals surface area contributed by atoms with Crippen LogP contribution in [0, 0.1) is 19.8 Å². The van der Waals surface area contributed by atoms with Crippen molar-refractivity contribution in [3.05, 3.63) is 65.4 Å². The van der Waals surface area contributed by atoms with Gasteiger partial charge in [0, 0.05) is 12.6 Å². The molecule has 0 spiro atoms. The van der Waals surface area contributed by atoms with Crippen LogP contribution in [0.2, 0.25) is 0 Å². The first-order valence-electron chi connectivity index (χ1n) is 12.1. The van der Waals surface area contributed by atoms with Crippen LogP contribution in [0.25, 0.3) is 0 Å². The molecule has 3 aromatic rings. The lowest BCUT2D eigenvalue weighted by atomic mass is 10.0. The summed E-state index contributed by atoms with van der Waals surface area (Å²) in [6, 6.07) is 15.2. The molecular formula is C26H31N7O4. The number of anilines is 2. The second-order valence-electron chi connectivity index (χ2n) is 9.23. The van der Waals surface area contributed by atoms with Gasteiger partial charge in [0.15, 0.2) is 17.8 Å². The van der Waals surface area contributed by atoms with Crippen LogP contribution in [-0.2, 0) is 16.0 Å². The molecule has 2 aliphatic heterocycles. The molecule has 0 saturated carbocycles. The Morgan fingerprint density at radius 1 is 1.11 bits per heavy atom. The summed E-state index contributed by atoms with van der Waals surface area (Å²) in [6.45, 7) is 4.38. The zero-order chi connectivity index (χ0) is 26.1. The van der Waals surface area contributed by atoms with Gasteiger partial charge in [-0.3, -0.25) is 19.9 Å². The Morgan fingerprint density at radius 3 is 2.68 bits per heavy atom. The first-order valence-corrected chi connectivity index (χ1v) is 12.1. The van der Waals surface area contributed by atoms with E-state index in [1.807, 2.05) is 43.1 Å². The Kier molecular flexibility index (Phi) is 6.72. The molecule has 37 heavy (non-hydrogen) atoms. The van der Waals surface area contributed by atoms with Gasteiger partial charge in [0.2, 0.25) is 11.8 Å². The number of aromatic nitrogens is 2. The summed E-state index contributed by atoms with van der Waals surface area (Å²) in [5.74, 6) is 1.04. The van der Waals surface area contributed by atoms with Crippen molar-refractivity contribution in [2.24, 2.45) is 5.92 Å². The molecule has 2 saturated heterocycles. The number of methoxy groups -OCH3 is 2. The smallest absolute Gasteiger partial charge is 0.230 e. The molecule has 0 radical (unpaired) electrons. The number of hydrogen-bond acceptors (Lipinski definition) is 8. The average molecular weight is 506 g/mol. The molecule has 5 rings (SSSR count). The number of benzene rings is 2. The molecular weight excluding hydrogens is 474 g/mol. The highest BCUT2D eigenvalue weighted by Crippen LogP contribution is 2.29. The summed E-state index contributed by atoms with van der Waals surface area (Å²) >= 11 is 0. The van der Waals surface area contributed by atoms with Gasteiger partial charge in [0.05, 0.1) is 37.9 Å². The van der Waals surface area contributed by atoms with Gasteiger partial charge >= 0.3 is 0 Å². The van der Waals surface area contributed by atoms with Crippen LogP contribution in [0.5, 0.6) is 11.5 Å². The summed E-state index contributed by atoms with van der Waals surface area (Å²) < 4.78 is 12.2. The van der Waals surface area contributed by atoms with Crippen molar-refractivity contribution >= 4 is 23.3 Å². The van der Waals surface area contributed by atoms with Crippen LogP contribution in [0.4, 0.5) is 11.5 Å². The minimum Gasteiger partial charge on any atom is -0.493 e. The third-order valence-corrected chi connectivity index (χ3v) is 6.55. The lowest BCUT2D eigenvalue weighted by Gasteiger charge is -2.37. The fourth-order valence-corrected chi connectivity index (χ4v) is 4.79. The van der Waals surface area contributed by atoms with Crippen LogP contribution in [0.15, 0.2) is 48.5 Å². The normalized spacial score (nSPS) is 20.8. The molecule has 2 amide bonds. The maximum atomic E-state index is 13.0. The number of fused-ring (bicyclic) bond motifs is 1. The third-order valence-electron chi connectivity index (χ3n) is 6.55. The molecule has 0 aliphatic carbocycles. The van der Waals surface area contributed by atoms with Crippen LogP contribution in [0.3, 0.4) is 0 Å². The minimum absolute atomic E-state index is 0.0906. The lowest BCUT2D eigenvalue weighted by molar-refractivity contribution is -0.129. The van der Waals surface area contributed by atoms with E-state index in [1.54, 1.807) is 37.1 Å². The highest BCUT2D eigenvalue weighted by Gasteiger charge is 2.45. The molecule has 11 heteroatoms. The van der Waals surface area contributed by atoms with Gasteiger partial charge in [0.25, 0.3) is 0 Å². The van der Waals surface area contributed by atoms with E-state index in [-0.39, 0.29) is 30.3 Å². The number of nitrogens with one attached hydrogen (secondary N) is 4. The first-order chi connectivity index (χ1) is 17.9. The van der Waals surface area contributed by atoms with E-state index in [2.05, 4.69) is 32.5 Å². The Labute approximate surface area is 215 Å². The van der Waals surface area contributed by atoms with E-state index in [4.69, 9.17) is 9.47 Å². The Bertz CT molecular complexity index is 1320. The van der Waals surface area contributed by atoms with Gasteiger partial charge in [-0.2, -0.15) is 5.10 Å². The number of rotatable bonds is 7. The second kappa shape index (κ2) is 10.1. The quantitative estimate of drug-likeness (QED) is 0.384. The number of carbonyl (C=O) groups excluding carboxylic acids is 2. The fraction of sp³-hybridized carbons (Fsp3) is 0.346. The summed E-state index contributed by atoms with van der Waals surface area (Å²) in [6.07, 6.45) is -0.809.